The molecule has 1 N–H and O–H groups in total. The summed E-state index contributed by atoms with van der Waals surface area (Å²) >= 11 is 0. The van der Waals surface area contributed by atoms with Gasteiger partial charge in [0.15, 0.2) is 11.9 Å². The molecule has 2 heterocycles. The first-order valence-electron chi connectivity index (χ1n) is 12.1. The lowest BCUT2D eigenvalue weighted by molar-refractivity contribution is -0.186. The number of aliphatic hydroxyl groups excluding tert-OH is 1. The maximum atomic E-state index is 13.3. The van der Waals surface area contributed by atoms with Crippen LogP contribution in [-0.4, -0.2) is 59.6 Å². The van der Waals surface area contributed by atoms with Crippen LogP contribution in [0.4, 0.5) is 10.5 Å². The molecule has 2 atom stereocenters. The average Bonchev–Trinajstić information content (AvgIpc) is 2.86. The van der Waals surface area contributed by atoms with E-state index in [0.717, 1.165) is 5.69 Å². The Labute approximate surface area is 206 Å². The number of benzene rings is 2. The topological polar surface area (TPSA) is 88.5 Å². The Morgan fingerprint density at radius 1 is 1.09 bits per heavy atom. The number of piperidine rings is 1. The molecule has 0 radical (unpaired) electrons. The van der Waals surface area contributed by atoms with Gasteiger partial charge in [-0.3, -0.25) is 4.79 Å². The molecule has 0 aliphatic carbocycles. The molecule has 2 amide bonds. The van der Waals surface area contributed by atoms with E-state index in [2.05, 4.69) is 6.92 Å². The van der Waals surface area contributed by atoms with Gasteiger partial charge in [-0.15, -0.1) is 0 Å². The van der Waals surface area contributed by atoms with E-state index in [1.807, 2.05) is 42.2 Å². The summed E-state index contributed by atoms with van der Waals surface area (Å²) in [5.41, 5.74) is -0.575. The summed E-state index contributed by atoms with van der Waals surface area (Å²) in [7, 11) is 0. The minimum Gasteiger partial charge on any atom is -0.483 e. The second kappa shape index (κ2) is 9.87. The van der Waals surface area contributed by atoms with E-state index in [0.29, 0.717) is 44.0 Å². The average molecular weight is 483 g/mol. The lowest BCUT2D eigenvalue weighted by atomic mass is 9.65. The maximum absolute atomic E-state index is 13.3. The van der Waals surface area contributed by atoms with Crippen molar-refractivity contribution in [3.8, 4) is 11.5 Å². The number of anilines is 1. The number of amides is 2. The van der Waals surface area contributed by atoms with Crippen molar-refractivity contribution in [1.82, 2.24) is 4.90 Å². The number of carbonyl (C=O) groups excluding carboxylic acids is 2. The summed E-state index contributed by atoms with van der Waals surface area (Å²) in [6.07, 6.45) is -0.217. The van der Waals surface area contributed by atoms with E-state index in [9.17, 15) is 14.7 Å². The molecule has 0 bridgehead atoms. The van der Waals surface area contributed by atoms with Crippen molar-refractivity contribution in [2.24, 2.45) is 5.41 Å². The molecular weight excluding hydrogens is 448 g/mol. The first kappa shape index (κ1) is 25.0. The van der Waals surface area contributed by atoms with Crippen LogP contribution in [0.25, 0.3) is 0 Å². The molecule has 2 aliphatic rings. The fourth-order valence-electron chi connectivity index (χ4n) is 4.88. The summed E-state index contributed by atoms with van der Waals surface area (Å²) in [4.78, 5) is 29.3. The van der Waals surface area contributed by atoms with Crippen molar-refractivity contribution in [3.63, 3.8) is 0 Å². The number of para-hydroxylation sites is 1. The van der Waals surface area contributed by atoms with Crippen LogP contribution in [0.15, 0.2) is 54.6 Å². The summed E-state index contributed by atoms with van der Waals surface area (Å²) < 4.78 is 16.6. The Morgan fingerprint density at radius 2 is 1.71 bits per heavy atom. The van der Waals surface area contributed by atoms with E-state index < -0.39 is 17.3 Å². The third-order valence-corrected chi connectivity index (χ3v) is 7.11. The first-order valence-corrected chi connectivity index (χ1v) is 12.1. The van der Waals surface area contributed by atoms with Crippen LogP contribution in [-0.2, 0) is 9.53 Å². The van der Waals surface area contributed by atoms with Crippen LogP contribution in [0, 0.1) is 5.41 Å². The van der Waals surface area contributed by atoms with E-state index in [4.69, 9.17) is 14.2 Å². The number of aliphatic hydroxyl groups is 1. The molecule has 2 unspecified atom stereocenters. The molecule has 1 spiro atoms. The molecule has 8 nitrogen and oxygen atoms in total. The highest BCUT2D eigenvalue weighted by Crippen LogP contribution is 2.49. The quantitative estimate of drug-likeness (QED) is 0.470. The molecule has 2 aliphatic heterocycles. The summed E-state index contributed by atoms with van der Waals surface area (Å²) in [6.45, 7) is 8.74. The molecule has 8 heteroatoms. The molecule has 188 valence electrons. The van der Waals surface area contributed by atoms with Gasteiger partial charge in [-0.05, 0) is 76.9 Å². The monoisotopic (exact) mass is 482 g/mol. The Balaban J connectivity index is 1.35. The van der Waals surface area contributed by atoms with E-state index in [1.165, 1.54) is 0 Å². The van der Waals surface area contributed by atoms with Gasteiger partial charge in [0.25, 0.3) is 0 Å². The molecule has 0 aromatic heterocycles. The Hall–Kier alpha value is -3.10. The van der Waals surface area contributed by atoms with E-state index >= 15 is 0 Å². The lowest BCUT2D eigenvalue weighted by Gasteiger charge is -2.57. The largest absolute Gasteiger partial charge is 0.483 e. The van der Waals surface area contributed by atoms with Gasteiger partial charge in [0, 0.05) is 31.4 Å². The zero-order chi connectivity index (χ0) is 25.2. The maximum Gasteiger partial charge on any atom is 0.415 e. The fourth-order valence-corrected chi connectivity index (χ4v) is 4.88. The highest BCUT2D eigenvalue weighted by molar-refractivity contribution is 6.06. The number of nitrogens with zero attached hydrogens (tertiary/aromatic N) is 2. The number of rotatable bonds is 7. The fraction of sp³-hybridized carbons (Fsp3) is 0.481. The zero-order valence-electron chi connectivity index (χ0n) is 20.8. The molecule has 2 aromatic rings. The first-order chi connectivity index (χ1) is 16.7. The summed E-state index contributed by atoms with van der Waals surface area (Å²) in [6, 6.07) is 16.3. The second-order valence-corrected chi connectivity index (χ2v) is 9.68. The predicted molar refractivity (Wildman–Crippen MR) is 131 cm³/mol. The van der Waals surface area contributed by atoms with Gasteiger partial charge in [-0.2, -0.15) is 0 Å². The zero-order valence-corrected chi connectivity index (χ0v) is 20.8. The van der Waals surface area contributed by atoms with Crippen LogP contribution in [0.5, 0.6) is 11.5 Å². The summed E-state index contributed by atoms with van der Waals surface area (Å²) in [5.74, 6) is 1.18. The van der Waals surface area contributed by atoms with Gasteiger partial charge in [-0.1, -0.05) is 18.2 Å². The Bertz CT molecular complexity index is 1030. The minimum absolute atomic E-state index is 0.0188. The molecule has 2 fully saturated rings. The molecule has 2 saturated heterocycles. The van der Waals surface area contributed by atoms with Gasteiger partial charge in [-0.25, -0.2) is 4.79 Å². The van der Waals surface area contributed by atoms with Gasteiger partial charge in [0.2, 0.25) is 5.91 Å². The van der Waals surface area contributed by atoms with Crippen molar-refractivity contribution in [1.29, 1.82) is 0 Å². The highest BCUT2D eigenvalue weighted by atomic mass is 16.6. The number of ether oxygens (including phenoxy) is 3. The van der Waals surface area contributed by atoms with Crippen molar-refractivity contribution < 1.29 is 28.9 Å². The summed E-state index contributed by atoms with van der Waals surface area (Å²) in [5, 5.41) is 10.1. The van der Waals surface area contributed by atoms with Gasteiger partial charge in [0.05, 0.1) is 5.41 Å². The van der Waals surface area contributed by atoms with Crippen molar-refractivity contribution in [2.45, 2.75) is 58.5 Å². The van der Waals surface area contributed by atoms with Crippen LogP contribution < -0.4 is 14.4 Å². The van der Waals surface area contributed by atoms with E-state index in [-0.39, 0.29) is 18.0 Å². The molecule has 35 heavy (non-hydrogen) atoms. The normalized spacial score (nSPS) is 20.4. The van der Waals surface area contributed by atoms with Crippen molar-refractivity contribution >= 4 is 17.7 Å². The number of carbonyl (C=O) groups is 2. The van der Waals surface area contributed by atoms with Crippen LogP contribution in [0.1, 0.15) is 40.5 Å². The van der Waals surface area contributed by atoms with Gasteiger partial charge in [0.1, 0.15) is 11.5 Å². The van der Waals surface area contributed by atoms with Crippen LogP contribution in [0.2, 0.25) is 0 Å². The molecule has 0 saturated carbocycles. The molecular formula is C27H34N2O6. The Morgan fingerprint density at radius 3 is 2.29 bits per heavy atom. The van der Waals surface area contributed by atoms with Crippen LogP contribution >= 0.6 is 0 Å². The van der Waals surface area contributed by atoms with E-state index in [1.54, 1.807) is 43.0 Å². The third-order valence-electron chi connectivity index (χ3n) is 7.11. The predicted octanol–water partition coefficient (Wildman–Crippen LogP) is 4.22. The highest BCUT2D eigenvalue weighted by Gasteiger charge is 2.59. The lowest BCUT2D eigenvalue weighted by Crippen LogP contribution is -2.71. The molecule has 2 aromatic carbocycles. The smallest absolute Gasteiger partial charge is 0.415 e. The van der Waals surface area contributed by atoms with Gasteiger partial charge >= 0.3 is 6.09 Å². The van der Waals surface area contributed by atoms with Crippen LogP contribution in [0.3, 0.4) is 0 Å². The van der Waals surface area contributed by atoms with Crippen molar-refractivity contribution in [3.05, 3.63) is 54.6 Å². The molecule has 4 rings (SSSR count). The van der Waals surface area contributed by atoms with Gasteiger partial charge < -0.3 is 29.1 Å². The number of β-lactam (4-membered cyclic amide) rings is 1. The standard InChI is InChI=1S/C27H34N2O6/c1-5-33-24(31)26(3,4)35-22-13-11-20(12-14-22)29-19(2)27(23(29)30)15-17-28(18-16-27)25(32)34-21-9-7-6-8-10-21/h6-14,19,24,31H,5,15-18H2,1-4H3. The minimum atomic E-state index is -1.06. The van der Waals surface area contributed by atoms with Crippen molar-refractivity contribution in [2.75, 3.05) is 24.6 Å². The SMILES string of the molecule is CCOC(O)C(C)(C)Oc1ccc(N2C(=O)C3(CCN(C(=O)Oc4ccccc4)CC3)C2C)cc1. The third kappa shape index (κ3) is 4.86. The number of likely N-dealkylation sites (tertiary alicyclic amines) is 1. The second-order valence-electron chi connectivity index (χ2n) is 9.68. The Kier molecular flexibility index (Phi) is 7.05. The number of hydrogen-bond acceptors (Lipinski definition) is 6. The number of hydrogen-bond donors (Lipinski definition) is 1.